The molecule has 0 aliphatic heterocycles. The normalized spacial score (nSPS) is 10.6. The Morgan fingerprint density at radius 3 is 2.58 bits per heavy atom. The summed E-state index contributed by atoms with van der Waals surface area (Å²) in [6.07, 6.45) is 0. The highest BCUT2D eigenvalue weighted by Crippen LogP contribution is 2.19. The molecule has 0 aliphatic rings. The molecule has 0 atom stereocenters. The van der Waals surface area contributed by atoms with Gasteiger partial charge in [-0.25, -0.2) is 8.78 Å². The summed E-state index contributed by atoms with van der Waals surface area (Å²) in [5.41, 5.74) is 1.21. The quantitative estimate of drug-likeness (QED) is 0.907. The van der Waals surface area contributed by atoms with Crippen molar-refractivity contribution in [2.45, 2.75) is 13.8 Å². The van der Waals surface area contributed by atoms with Crippen LogP contribution >= 0.6 is 0 Å². The maximum absolute atomic E-state index is 13.5. The third kappa shape index (κ3) is 2.47. The predicted octanol–water partition coefficient (Wildman–Crippen LogP) is 2.57. The predicted molar refractivity (Wildman–Crippen MR) is 67.0 cm³/mol. The number of amides is 1. The number of hydrogen-bond donors (Lipinski definition) is 1. The van der Waals surface area contributed by atoms with E-state index in [1.54, 1.807) is 20.9 Å². The van der Waals surface area contributed by atoms with E-state index >= 15 is 0 Å². The average Bonchev–Trinajstić information content (AvgIpc) is 2.59. The first-order valence-electron chi connectivity index (χ1n) is 5.66. The molecular formula is C13H13F2N3O. The van der Waals surface area contributed by atoms with Crippen molar-refractivity contribution < 1.29 is 13.6 Å². The van der Waals surface area contributed by atoms with Crippen molar-refractivity contribution >= 4 is 11.7 Å². The van der Waals surface area contributed by atoms with E-state index in [9.17, 15) is 13.6 Å². The Kier molecular flexibility index (Phi) is 3.33. The lowest BCUT2D eigenvalue weighted by molar-refractivity contribution is 0.102. The molecule has 1 aromatic carbocycles. The van der Waals surface area contributed by atoms with Gasteiger partial charge in [-0.15, -0.1) is 0 Å². The van der Waals surface area contributed by atoms with Gasteiger partial charge < -0.3 is 5.32 Å². The third-order valence-electron chi connectivity index (χ3n) is 2.93. The van der Waals surface area contributed by atoms with Gasteiger partial charge in [-0.05, 0) is 32.0 Å². The molecule has 6 heteroatoms. The van der Waals surface area contributed by atoms with Crippen LogP contribution in [-0.4, -0.2) is 15.7 Å². The summed E-state index contributed by atoms with van der Waals surface area (Å²) in [4.78, 5) is 11.9. The van der Waals surface area contributed by atoms with Gasteiger partial charge in [0.25, 0.3) is 5.91 Å². The summed E-state index contributed by atoms with van der Waals surface area (Å²) in [6, 6.07) is 2.75. The van der Waals surface area contributed by atoms with E-state index in [2.05, 4.69) is 10.4 Å². The maximum Gasteiger partial charge on any atom is 0.259 e. The zero-order chi connectivity index (χ0) is 14.2. The number of benzene rings is 1. The molecule has 100 valence electrons. The van der Waals surface area contributed by atoms with Gasteiger partial charge in [0.1, 0.15) is 17.5 Å². The van der Waals surface area contributed by atoms with Crippen molar-refractivity contribution in [1.29, 1.82) is 0 Å². The fourth-order valence-corrected chi connectivity index (χ4v) is 1.79. The van der Waals surface area contributed by atoms with Gasteiger partial charge >= 0.3 is 0 Å². The summed E-state index contributed by atoms with van der Waals surface area (Å²) in [6.45, 7) is 3.59. The topological polar surface area (TPSA) is 46.9 Å². The Labute approximate surface area is 109 Å². The second-order valence-electron chi connectivity index (χ2n) is 4.26. The lowest BCUT2D eigenvalue weighted by atomic mass is 10.2. The largest absolute Gasteiger partial charge is 0.306 e. The molecule has 0 radical (unpaired) electrons. The zero-order valence-corrected chi connectivity index (χ0v) is 10.8. The number of aryl methyl sites for hydroxylation is 2. The number of nitrogens with one attached hydrogen (secondary N) is 1. The van der Waals surface area contributed by atoms with Crippen LogP contribution in [0.4, 0.5) is 14.6 Å². The van der Waals surface area contributed by atoms with Crippen molar-refractivity contribution in [3.05, 3.63) is 46.7 Å². The van der Waals surface area contributed by atoms with Crippen LogP contribution in [0.25, 0.3) is 0 Å². The molecule has 1 amide bonds. The molecule has 2 rings (SSSR count). The molecule has 1 N–H and O–H groups in total. The Morgan fingerprint density at radius 1 is 1.32 bits per heavy atom. The van der Waals surface area contributed by atoms with Crippen LogP contribution in [0.5, 0.6) is 0 Å². The van der Waals surface area contributed by atoms with Crippen LogP contribution in [0.15, 0.2) is 18.2 Å². The average molecular weight is 265 g/mol. The number of rotatable bonds is 2. The molecule has 0 spiro atoms. The lowest BCUT2D eigenvalue weighted by Crippen LogP contribution is -2.17. The first-order valence-corrected chi connectivity index (χ1v) is 5.66. The number of halogens is 2. The van der Waals surface area contributed by atoms with E-state index in [4.69, 9.17) is 0 Å². The minimum absolute atomic E-state index is 0.335. The monoisotopic (exact) mass is 265 g/mol. The number of anilines is 1. The summed E-state index contributed by atoms with van der Waals surface area (Å²) in [5, 5.41) is 6.67. The Morgan fingerprint density at radius 2 is 2.00 bits per heavy atom. The van der Waals surface area contributed by atoms with Crippen LogP contribution in [0.1, 0.15) is 21.6 Å². The maximum atomic E-state index is 13.5. The molecular weight excluding hydrogens is 252 g/mol. The first kappa shape index (κ1) is 13.2. The Bertz CT molecular complexity index is 650. The number of aromatic nitrogens is 2. The SMILES string of the molecule is Cc1nn(C)c(NC(=O)c2cc(F)ccc2F)c1C. The fourth-order valence-electron chi connectivity index (χ4n) is 1.79. The van der Waals surface area contributed by atoms with Gasteiger partial charge in [-0.2, -0.15) is 5.10 Å². The number of carbonyl (C=O) groups is 1. The summed E-state index contributed by atoms with van der Waals surface area (Å²) < 4.78 is 28.0. The van der Waals surface area contributed by atoms with Crippen LogP contribution < -0.4 is 5.32 Å². The number of carbonyl (C=O) groups excluding carboxylic acids is 1. The second-order valence-corrected chi connectivity index (χ2v) is 4.26. The minimum atomic E-state index is -0.768. The molecule has 0 saturated carbocycles. The molecule has 0 saturated heterocycles. The van der Waals surface area contributed by atoms with Gasteiger partial charge in [0.15, 0.2) is 0 Å². The van der Waals surface area contributed by atoms with Crippen molar-refractivity contribution in [3.8, 4) is 0 Å². The molecule has 2 aromatic rings. The Balaban J connectivity index is 2.33. The highest BCUT2D eigenvalue weighted by Gasteiger charge is 2.17. The van der Waals surface area contributed by atoms with Crippen molar-refractivity contribution in [1.82, 2.24) is 9.78 Å². The van der Waals surface area contributed by atoms with Crippen molar-refractivity contribution in [2.75, 3.05) is 5.32 Å². The molecule has 1 aromatic heterocycles. The standard InChI is InChI=1S/C13H13F2N3O/c1-7-8(2)17-18(3)12(7)16-13(19)10-6-9(14)4-5-11(10)15/h4-6H,1-3H3,(H,16,19). The first-order chi connectivity index (χ1) is 8.90. The van der Waals surface area contributed by atoms with Crippen LogP contribution in [0, 0.1) is 25.5 Å². The van der Waals surface area contributed by atoms with E-state index in [-0.39, 0.29) is 5.56 Å². The molecule has 0 fully saturated rings. The van der Waals surface area contributed by atoms with E-state index in [1.807, 2.05) is 0 Å². The van der Waals surface area contributed by atoms with Gasteiger partial charge in [0.05, 0.1) is 11.3 Å². The van der Waals surface area contributed by atoms with Gasteiger partial charge in [-0.3, -0.25) is 9.48 Å². The zero-order valence-electron chi connectivity index (χ0n) is 10.8. The molecule has 0 bridgehead atoms. The third-order valence-corrected chi connectivity index (χ3v) is 2.93. The summed E-state index contributed by atoms with van der Waals surface area (Å²) >= 11 is 0. The fraction of sp³-hybridized carbons (Fsp3) is 0.231. The van der Waals surface area contributed by atoms with Crippen LogP contribution in [0.3, 0.4) is 0 Å². The summed E-state index contributed by atoms with van der Waals surface area (Å²) in [7, 11) is 1.66. The Hall–Kier alpha value is -2.24. The summed E-state index contributed by atoms with van der Waals surface area (Å²) in [5.74, 6) is -1.67. The van der Waals surface area contributed by atoms with E-state index < -0.39 is 17.5 Å². The number of hydrogen-bond acceptors (Lipinski definition) is 2. The number of nitrogens with zero attached hydrogens (tertiary/aromatic N) is 2. The second kappa shape index (κ2) is 4.79. The van der Waals surface area contributed by atoms with Gasteiger partial charge in [-0.1, -0.05) is 0 Å². The van der Waals surface area contributed by atoms with Gasteiger partial charge in [0, 0.05) is 12.6 Å². The van der Waals surface area contributed by atoms with Crippen LogP contribution in [-0.2, 0) is 7.05 Å². The van der Waals surface area contributed by atoms with Crippen molar-refractivity contribution in [2.24, 2.45) is 7.05 Å². The molecule has 0 aliphatic carbocycles. The van der Waals surface area contributed by atoms with E-state index in [1.165, 1.54) is 4.68 Å². The molecule has 1 heterocycles. The molecule has 0 unspecified atom stereocenters. The highest BCUT2D eigenvalue weighted by atomic mass is 19.1. The van der Waals surface area contributed by atoms with E-state index in [0.717, 1.165) is 29.5 Å². The van der Waals surface area contributed by atoms with E-state index in [0.29, 0.717) is 5.82 Å². The minimum Gasteiger partial charge on any atom is -0.306 e. The van der Waals surface area contributed by atoms with Gasteiger partial charge in [0.2, 0.25) is 0 Å². The van der Waals surface area contributed by atoms with Crippen molar-refractivity contribution in [3.63, 3.8) is 0 Å². The highest BCUT2D eigenvalue weighted by molar-refractivity contribution is 6.04. The molecule has 4 nitrogen and oxygen atoms in total. The lowest BCUT2D eigenvalue weighted by Gasteiger charge is -2.07. The smallest absolute Gasteiger partial charge is 0.259 e. The molecule has 19 heavy (non-hydrogen) atoms. The van der Waals surface area contributed by atoms with Crippen LogP contribution in [0.2, 0.25) is 0 Å².